The topological polar surface area (TPSA) is 123 Å². The molecule has 2 heterocycles. The van der Waals surface area contributed by atoms with E-state index in [-0.39, 0.29) is 30.3 Å². The molecule has 3 fully saturated rings. The van der Waals surface area contributed by atoms with Crippen molar-refractivity contribution in [1.82, 2.24) is 15.1 Å². The van der Waals surface area contributed by atoms with E-state index in [2.05, 4.69) is 16.3 Å². The molecule has 0 aromatic heterocycles. The predicted octanol–water partition coefficient (Wildman–Crippen LogP) is 2.54. The van der Waals surface area contributed by atoms with Crippen molar-refractivity contribution >= 4 is 23.4 Å². The minimum Gasteiger partial charge on any atom is -0.352 e. The lowest BCUT2D eigenvalue weighted by molar-refractivity contribution is -0.140. The van der Waals surface area contributed by atoms with Crippen LogP contribution < -0.4 is 16.0 Å². The molecule has 0 bridgehead atoms. The second kappa shape index (κ2) is 12.1. The molecule has 3 N–H and O–H groups in total. The van der Waals surface area contributed by atoms with E-state index in [1.807, 2.05) is 36.4 Å². The average molecular weight is 543 g/mol. The molecule has 210 valence electrons. The molecule has 9 heteroatoms. The highest BCUT2D eigenvalue weighted by Crippen LogP contribution is 2.39. The molecule has 3 amide bonds. The molecule has 1 spiro atoms. The Hall–Kier alpha value is -3.90. The van der Waals surface area contributed by atoms with Crippen LogP contribution in [0.25, 0.3) is 0 Å². The van der Waals surface area contributed by atoms with Crippen molar-refractivity contribution in [2.75, 3.05) is 31.2 Å². The molecule has 2 saturated heterocycles. The lowest BCUT2D eigenvalue weighted by Gasteiger charge is -2.43. The zero-order chi connectivity index (χ0) is 28.1. The van der Waals surface area contributed by atoms with Gasteiger partial charge in [-0.3, -0.25) is 14.4 Å². The summed E-state index contributed by atoms with van der Waals surface area (Å²) >= 11 is 0. The third-order valence-corrected chi connectivity index (χ3v) is 8.62. The molecule has 1 atom stereocenters. The van der Waals surface area contributed by atoms with Crippen molar-refractivity contribution in [1.29, 1.82) is 5.26 Å². The maximum atomic E-state index is 14.0. The fourth-order valence-corrected chi connectivity index (χ4v) is 6.46. The smallest absolute Gasteiger partial charge is 0.250 e. The van der Waals surface area contributed by atoms with Gasteiger partial charge in [-0.25, -0.2) is 0 Å². The Morgan fingerprint density at radius 1 is 1.05 bits per heavy atom. The lowest BCUT2D eigenvalue weighted by atomic mass is 9.85. The summed E-state index contributed by atoms with van der Waals surface area (Å²) in [6.45, 7) is 1.18. The molecule has 3 aliphatic rings. The Morgan fingerprint density at radius 2 is 1.77 bits per heavy atom. The van der Waals surface area contributed by atoms with Crippen molar-refractivity contribution in [3.63, 3.8) is 0 Å². The van der Waals surface area contributed by atoms with Crippen LogP contribution in [0, 0.1) is 11.3 Å². The van der Waals surface area contributed by atoms with Crippen LogP contribution in [0.1, 0.15) is 56.1 Å². The summed E-state index contributed by atoms with van der Waals surface area (Å²) < 4.78 is 0. The lowest BCUT2D eigenvalue weighted by Crippen LogP contribution is -2.59. The number of nitrogens with one attached hydrogen (secondary N) is 1. The standard InChI is InChI=1S/C31H38N6O3/c32-20-24-9-7-8-23(18-24)19-27(33)29(39)35-16-14-31(15-17-35)30(40)36(22-37(31)26-12-5-2-6-13-26)21-28(38)34-25-10-3-1-4-11-25/h2,5-9,12-13,18,25,27H,1,3-4,10-11,14-17,19,21-22,33H2,(H,34,38)/t27-/m1/s1. The molecule has 1 saturated carbocycles. The number of hydrogen-bond acceptors (Lipinski definition) is 6. The second-order valence-corrected chi connectivity index (χ2v) is 11.3. The van der Waals surface area contributed by atoms with Gasteiger partial charge in [0.05, 0.1) is 24.3 Å². The Labute approximate surface area is 235 Å². The first-order chi connectivity index (χ1) is 19.4. The summed E-state index contributed by atoms with van der Waals surface area (Å²) in [7, 11) is 0. The van der Waals surface area contributed by atoms with E-state index in [9.17, 15) is 14.4 Å². The Morgan fingerprint density at radius 3 is 2.48 bits per heavy atom. The van der Waals surface area contributed by atoms with E-state index in [0.29, 0.717) is 44.6 Å². The first-order valence-corrected chi connectivity index (χ1v) is 14.3. The van der Waals surface area contributed by atoms with Crippen LogP contribution in [0.15, 0.2) is 54.6 Å². The molecule has 5 rings (SSSR count). The highest BCUT2D eigenvalue weighted by Gasteiger charge is 2.54. The highest BCUT2D eigenvalue weighted by atomic mass is 16.2. The SMILES string of the molecule is N#Cc1cccc(C[C@@H](N)C(=O)N2CCC3(CC2)C(=O)N(CC(=O)NC2CCCCC2)CN3c2ccccc2)c1. The van der Waals surface area contributed by atoms with Crippen LogP contribution in [-0.4, -0.2) is 71.4 Å². The molecule has 2 aromatic rings. The van der Waals surface area contributed by atoms with E-state index in [1.165, 1.54) is 6.42 Å². The first-order valence-electron chi connectivity index (χ1n) is 14.3. The summed E-state index contributed by atoms with van der Waals surface area (Å²) in [5.74, 6) is -0.318. The zero-order valence-corrected chi connectivity index (χ0v) is 22.9. The average Bonchev–Trinajstić information content (AvgIpc) is 3.24. The fourth-order valence-electron chi connectivity index (χ4n) is 6.46. The maximum Gasteiger partial charge on any atom is 0.250 e. The number of anilines is 1. The van der Waals surface area contributed by atoms with Crippen LogP contribution in [0.5, 0.6) is 0 Å². The molecular formula is C31H38N6O3. The van der Waals surface area contributed by atoms with Gasteiger partial charge in [0.15, 0.2) is 0 Å². The monoisotopic (exact) mass is 542 g/mol. The number of amides is 3. The van der Waals surface area contributed by atoms with Crippen LogP contribution in [0.3, 0.4) is 0 Å². The van der Waals surface area contributed by atoms with Gasteiger partial charge in [0.25, 0.3) is 5.91 Å². The number of carbonyl (C=O) groups is 3. The molecular weight excluding hydrogens is 504 g/mol. The summed E-state index contributed by atoms with van der Waals surface area (Å²) in [6, 6.07) is 18.5. The van der Waals surface area contributed by atoms with Gasteiger partial charge in [-0.05, 0) is 61.9 Å². The number of nitriles is 1. The largest absolute Gasteiger partial charge is 0.352 e. The van der Waals surface area contributed by atoms with Gasteiger partial charge in [-0.15, -0.1) is 0 Å². The van der Waals surface area contributed by atoms with E-state index in [4.69, 9.17) is 11.0 Å². The number of nitrogens with two attached hydrogens (primary N) is 1. The number of para-hydroxylation sites is 1. The van der Waals surface area contributed by atoms with Gasteiger partial charge >= 0.3 is 0 Å². The number of carbonyl (C=O) groups excluding carboxylic acids is 3. The third-order valence-electron chi connectivity index (χ3n) is 8.62. The molecule has 2 aromatic carbocycles. The molecule has 2 aliphatic heterocycles. The van der Waals surface area contributed by atoms with Crippen molar-refractivity contribution in [3.05, 3.63) is 65.7 Å². The Kier molecular flexibility index (Phi) is 8.36. The summed E-state index contributed by atoms with van der Waals surface area (Å²) in [4.78, 5) is 45.7. The summed E-state index contributed by atoms with van der Waals surface area (Å²) in [5.41, 5.74) is 7.81. The maximum absolute atomic E-state index is 14.0. The number of nitrogens with zero attached hydrogens (tertiary/aromatic N) is 4. The minimum absolute atomic E-state index is 0.0374. The van der Waals surface area contributed by atoms with Gasteiger partial charge < -0.3 is 25.8 Å². The van der Waals surface area contributed by atoms with E-state index >= 15 is 0 Å². The first kappa shape index (κ1) is 27.7. The van der Waals surface area contributed by atoms with E-state index in [0.717, 1.165) is 36.9 Å². The van der Waals surface area contributed by atoms with E-state index in [1.54, 1.807) is 28.0 Å². The highest BCUT2D eigenvalue weighted by molar-refractivity contribution is 5.96. The van der Waals surface area contributed by atoms with Crippen LogP contribution in [0.2, 0.25) is 0 Å². The van der Waals surface area contributed by atoms with Crippen molar-refractivity contribution in [3.8, 4) is 6.07 Å². The zero-order valence-electron chi connectivity index (χ0n) is 22.9. The second-order valence-electron chi connectivity index (χ2n) is 11.3. The van der Waals surface area contributed by atoms with Crippen LogP contribution >= 0.6 is 0 Å². The van der Waals surface area contributed by atoms with Crippen LogP contribution in [-0.2, 0) is 20.8 Å². The van der Waals surface area contributed by atoms with Crippen molar-refractivity contribution in [2.45, 2.75) is 69.0 Å². The Balaban J connectivity index is 1.26. The molecule has 0 radical (unpaired) electrons. The molecule has 40 heavy (non-hydrogen) atoms. The number of likely N-dealkylation sites (tertiary alicyclic amines) is 1. The number of benzene rings is 2. The molecule has 0 unspecified atom stereocenters. The normalized spacial score (nSPS) is 19.9. The fraction of sp³-hybridized carbons (Fsp3) is 0.484. The van der Waals surface area contributed by atoms with Gasteiger partial charge in [0, 0.05) is 24.8 Å². The number of piperidine rings is 1. The van der Waals surface area contributed by atoms with Crippen LogP contribution in [0.4, 0.5) is 5.69 Å². The third kappa shape index (κ3) is 5.82. The van der Waals surface area contributed by atoms with Gasteiger partial charge in [0.2, 0.25) is 11.8 Å². The predicted molar refractivity (Wildman–Crippen MR) is 152 cm³/mol. The van der Waals surface area contributed by atoms with Gasteiger partial charge in [0.1, 0.15) is 12.1 Å². The minimum atomic E-state index is -0.811. The number of hydrogen-bond donors (Lipinski definition) is 2. The van der Waals surface area contributed by atoms with E-state index < -0.39 is 11.6 Å². The summed E-state index contributed by atoms with van der Waals surface area (Å²) in [6.07, 6.45) is 6.73. The quantitative estimate of drug-likeness (QED) is 0.555. The Bertz CT molecular complexity index is 1260. The van der Waals surface area contributed by atoms with Gasteiger partial charge in [-0.2, -0.15) is 5.26 Å². The van der Waals surface area contributed by atoms with Crippen molar-refractivity contribution in [2.24, 2.45) is 5.73 Å². The van der Waals surface area contributed by atoms with Gasteiger partial charge in [-0.1, -0.05) is 49.6 Å². The summed E-state index contributed by atoms with van der Waals surface area (Å²) in [5, 5.41) is 12.3. The van der Waals surface area contributed by atoms with Crippen molar-refractivity contribution < 1.29 is 14.4 Å². The molecule has 1 aliphatic carbocycles. The molecule has 9 nitrogen and oxygen atoms in total. The number of rotatable bonds is 7.